The quantitative estimate of drug-likeness (QED) is 0.382. The van der Waals surface area contributed by atoms with E-state index in [9.17, 15) is 18.4 Å². The first-order valence-corrected chi connectivity index (χ1v) is 14.0. The van der Waals surface area contributed by atoms with Gasteiger partial charge in [-0.25, -0.2) is 8.78 Å². The normalized spacial score (nSPS) is 21.0. The van der Waals surface area contributed by atoms with Gasteiger partial charge in [-0.1, -0.05) is 47.7 Å². The van der Waals surface area contributed by atoms with E-state index < -0.39 is 17.1 Å². The fourth-order valence-corrected chi connectivity index (χ4v) is 7.04. The highest BCUT2D eigenvalue weighted by atomic mass is 32.1. The average molecular weight is 562 g/mol. The number of amides is 1. The van der Waals surface area contributed by atoms with Crippen LogP contribution in [0.4, 0.5) is 8.78 Å². The van der Waals surface area contributed by atoms with Crippen LogP contribution >= 0.6 is 11.3 Å². The van der Waals surface area contributed by atoms with Gasteiger partial charge in [-0.2, -0.15) is 0 Å². The molecule has 8 nitrogen and oxygen atoms in total. The van der Waals surface area contributed by atoms with Crippen LogP contribution in [0.1, 0.15) is 51.7 Å². The summed E-state index contributed by atoms with van der Waals surface area (Å²) in [5.41, 5.74) is 2.14. The zero-order valence-corrected chi connectivity index (χ0v) is 22.4. The Morgan fingerprint density at radius 1 is 1.12 bits per heavy atom. The topological polar surface area (TPSA) is 89.3 Å². The van der Waals surface area contributed by atoms with Crippen molar-refractivity contribution >= 4 is 17.2 Å². The number of ether oxygens (including phenoxy) is 1. The molecule has 0 radical (unpaired) electrons. The molecule has 1 N–H and O–H groups in total. The van der Waals surface area contributed by atoms with E-state index in [0.29, 0.717) is 28.5 Å². The second-order valence-electron chi connectivity index (χ2n) is 10.4. The van der Waals surface area contributed by atoms with E-state index in [1.54, 1.807) is 0 Å². The van der Waals surface area contributed by atoms with Crippen molar-refractivity contribution in [1.29, 1.82) is 0 Å². The summed E-state index contributed by atoms with van der Waals surface area (Å²) < 4.78 is 35.8. The van der Waals surface area contributed by atoms with Gasteiger partial charge in [0.2, 0.25) is 5.43 Å². The summed E-state index contributed by atoms with van der Waals surface area (Å²) in [4.78, 5) is 29.9. The Balaban J connectivity index is 1.35. The van der Waals surface area contributed by atoms with Crippen LogP contribution in [0.2, 0.25) is 0 Å². The van der Waals surface area contributed by atoms with Crippen molar-refractivity contribution in [3.05, 3.63) is 97.9 Å². The predicted octanol–water partition coefficient (Wildman–Crippen LogP) is 4.08. The largest absolute Gasteiger partial charge is 0.483 e. The SMILES string of the molecule is C[C@H]1CNC2C3CCc4c(-c5nnc(Cc6ccc(F)cc6F)s5)c(=O)c(OCc5ccccc5)c(n43)C(=O)N21. The van der Waals surface area contributed by atoms with Crippen molar-refractivity contribution in [2.45, 2.75) is 51.0 Å². The Labute approximate surface area is 232 Å². The summed E-state index contributed by atoms with van der Waals surface area (Å²) in [6, 6.07) is 12.8. The molecule has 0 saturated carbocycles. The van der Waals surface area contributed by atoms with Crippen LogP contribution in [0.15, 0.2) is 53.3 Å². The van der Waals surface area contributed by atoms with Gasteiger partial charge in [-0.3, -0.25) is 14.9 Å². The molecule has 4 aromatic rings. The van der Waals surface area contributed by atoms with E-state index in [-0.39, 0.29) is 54.2 Å². The van der Waals surface area contributed by atoms with Crippen molar-refractivity contribution in [3.63, 3.8) is 0 Å². The lowest BCUT2D eigenvalue weighted by molar-refractivity contribution is 0.0522. The predicted molar refractivity (Wildman–Crippen MR) is 144 cm³/mol. The first-order valence-electron chi connectivity index (χ1n) is 13.2. The molecular weight excluding hydrogens is 536 g/mol. The third-order valence-electron chi connectivity index (χ3n) is 7.94. The minimum Gasteiger partial charge on any atom is -0.483 e. The van der Waals surface area contributed by atoms with Gasteiger partial charge >= 0.3 is 0 Å². The number of benzene rings is 2. The van der Waals surface area contributed by atoms with Crippen LogP contribution in [-0.2, 0) is 19.4 Å². The van der Waals surface area contributed by atoms with Gasteiger partial charge in [-0.15, -0.1) is 10.2 Å². The molecule has 0 bridgehead atoms. The minimum absolute atomic E-state index is 0.00960. The third kappa shape index (κ3) is 3.95. The van der Waals surface area contributed by atoms with Crippen LogP contribution in [-0.4, -0.2) is 44.3 Å². The van der Waals surface area contributed by atoms with Crippen LogP contribution < -0.4 is 15.5 Å². The Bertz CT molecular complexity index is 1710. The molecule has 0 aliphatic carbocycles. The fourth-order valence-electron chi connectivity index (χ4n) is 6.11. The fraction of sp³-hybridized carbons (Fsp3) is 0.310. The molecule has 5 heterocycles. The van der Waals surface area contributed by atoms with Gasteiger partial charge in [0.25, 0.3) is 5.91 Å². The Kier molecular flexibility index (Phi) is 6.01. The molecule has 40 heavy (non-hydrogen) atoms. The first kappa shape index (κ1) is 25.0. The van der Waals surface area contributed by atoms with E-state index in [4.69, 9.17) is 4.74 Å². The average Bonchev–Trinajstić information content (AvgIpc) is 3.68. The molecule has 7 rings (SSSR count). The number of fused-ring (bicyclic) bond motifs is 2. The minimum atomic E-state index is -0.662. The molecule has 2 aromatic heterocycles. The number of hydrogen-bond donors (Lipinski definition) is 1. The van der Waals surface area contributed by atoms with E-state index >= 15 is 0 Å². The van der Waals surface area contributed by atoms with E-state index in [0.717, 1.165) is 23.7 Å². The number of carbonyl (C=O) groups excluding carboxylic acids is 1. The Morgan fingerprint density at radius 3 is 2.75 bits per heavy atom. The summed E-state index contributed by atoms with van der Waals surface area (Å²) in [6.45, 7) is 2.80. The van der Waals surface area contributed by atoms with Crippen LogP contribution in [0.5, 0.6) is 5.75 Å². The highest BCUT2D eigenvalue weighted by Crippen LogP contribution is 2.44. The summed E-state index contributed by atoms with van der Waals surface area (Å²) in [5.74, 6) is -1.53. The van der Waals surface area contributed by atoms with Gasteiger partial charge in [0, 0.05) is 30.8 Å². The molecule has 1 saturated heterocycles. The molecule has 2 aromatic carbocycles. The monoisotopic (exact) mass is 561 g/mol. The molecule has 11 heteroatoms. The van der Waals surface area contributed by atoms with Crippen molar-refractivity contribution in [2.75, 3.05) is 6.54 Å². The number of nitrogens with one attached hydrogen (secondary N) is 1. The lowest BCUT2D eigenvalue weighted by Gasteiger charge is -2.39. The van der Waals surface area contributed by atoms with Gasteiger partial charge < -0.3 is 14.2 Å². The number of aromatic nitrogens is 3. The zero-order chi connectivity index (χ0) is 27.5. The number of nitrogens with zero attached hydrogens (tertiary/aromatic N) is 4. The standard InChI is InChI=1S/C29H25F2N5O3S/c1-15-13-32-27-21-10-9-20-23(28-34-33-22(40-28)11-17-7-8-18(30)12-19(17)31)25(37)26(24(36(20)21)29(38)35(15)27)39-14-16-5-3-2-4-6-16/h2-8,12,15,21,27,32H,9-11,13-14H2,1H3/t15-,21?,27?/m0/s1. The second kappa shape index (κ2) is 9.60. The lowest BCUT2D eigenvalue weighted by Crippen LogP contribution is -2.53. The molecule has 2 unspecified atom stereocenters. The van der Waals surface area contributed by atoms with E-state index in [1.807, 2.05) is 46.7 Å². The van der Waals surface area contributed by atoms with Gasteiger partial charge in [0.05, 0.1) is 11.6 Å². The molecule has 3 aliphatic rings. The maximum atomic E-state index is 14.3. The number of carbonyl (C=O) groups is 1. The Morgan fingerprint density at radius 2 is 1.95 bits per heavy atom. The number of hydrogen-bond acceptors (Lipinski definition) is 7. The third-order valence-corrected chi connectivity index (χ3v) is 8.88. The molecule has 0 spiro atoms. The van der Waals surface area contributed by atoms with Crippen LogP contribution in [0, 0.1) is 11.6 Å². The van der Waals surface area contributed by atoms with Crippen LogP contribution in [0.25, 0.3) is 10.6 Å². The smallest absolute Gasteiger partial charge is 0.276 e. The van der Waals surface area contributed by atoms with Crippen molar-refractivity contribution in [1.82, 2.24) is 25.0 Å². The van der Waals surface area contributed by atoms with E-state index in [2.05, 4.69) is 15.5 Å². The molecule has 3 atom stereocenters. The van der Waals surface area contributed by atoms with E-state index in [1.165, 1.54) is 23.5 Å². The molecular formula is C29H25F2N5O3S. The van der Waals surface area contributed by atoms with Gasteiger partial charge in [0.1, 0.15) is 29.4 Å². The highest BCUT2D eigenvalue weighted by molar-refractivity contribution is 7.14. The van der Waals surface area contributed by atoms with Gasteiger partial charge in [-0.05, 0) is 37.0 Å². The molecule has 1 fully saturated rings. The van der Waals surface area contributed by atoms with Crippen molar-refractivity contribution in [3.8, 4) is 16.3 Å². The summed E-state index contributed by atoms with van der Waals surface area (Å²) >= 11 is 1.19. The van der Waals surface area contributed by atoms with Gasteiger partial charge in [0.15, 0.2) is 16.5 Å². The second-order valence-corrected chi connectivity index (χ2v) is 11.5. The number of rotatable bonds is 6. The maximum absolute atomic E-state index is 14.3. The van der Waals surface area contributed by atoms with Crippen LogP contribution in [0.3, 0.4) is 0 Å². The summed E-state index contributed by atoms with van der Waals surface area (Å²) in [7, 11) is 0. The Hall–Kier alpha value is -3.96. The molecule has 204 valence electrons. The summed E-state index contributed by atoms with van der Waals surface area (Å²) in [6.07, 6.45) is 1.29. The maximum Gasteiger partial charge on any atom is 0.276 e. The first-order chi connectivity index (χ1) is 19.4. The zero-order valence-electron chi connectivity index (χ0n) is 21.6. The van der Waals surface area contributed by atoms with Crippen molar-refractivity contribution < 1.29 is 18.3 Å². The molecule has 3 aliphatic heterocycles. The van der Waals surface area contributed by atoms with Crippen molar-refractivity contribution in [2.24, 2.45) is 0 Å². The highest BCUT2D eigenvalue weighted by Gasteiger charge is 2.50. The molecule has 1 amide bonds. The number of halogens is 2. The number of pyridine rings is 1. The lowest BCUT2D eigenvalue weighted by atomic mass is 10.1. The summed E-state index contributed by atoms with van der Waals surface area (Å²) in [5, 5.41) is 12.9.